The summed E-state index contributed by atoms with van der Waals surface area (Å²) < 4.78 is 12.9. The Morgan fingerprint density at radius 3 is 2.35 bits per heavy atom. The van der Waals surface area contributed by atoms with E-state index in [-0.39, 0.29) is 11.3 Å². The predicted molar refractivity (Wildman–Crippen MR) is 150 cm³/mol. The molecule has 0 aliphatic carbocycles. The molecule has 1 atom stereocenters. The van der Waals surface area contributed by atoms with Crippen molar-refractivity contribution in [2.45, 2.75) is 10.6 Å². The third kappa shape index (κ3) is 4.57. The van der Waals surface area contributed by atoms with Crippen LogP contribution in [0.5, 0.6) is 0 Å². The molecule has 0 saturated heterocycles. The first-order valence-corrected chi connectivity index (χ1v) is 13.4. The molecule has 0 radical (unpaired) electrons. The quantitative estimate of drug-likeness (QED) is 0.272. The Labute approximate surface area is 220 Å². The van der Waals surface area contributed by atoms with Crippen molar-refractivity contribution in [2.75, 3.05) is 0 Å². The van der Waals surface area contributed by atoms with Crippen molar-refractivity contribution in [3.8, 4) is 22.4 Å². The Kier molecular flexibility index (Phi) is 6.12. The summed E-state index contributed by atoms with van der Waals surface area (Å²) in [5, 5.41) is 2.22. The van der Waals surface area contributed by atoms with Crippen molar-refractivity contribution in [3.05, 3.63) is 124 Å². The summed E-state index contributed by atoms with van der Waals surface area (Å²) in [6.45, 7) is 0. The normalized spacial score (nSPS) is 12.1. The Morgan fingerprint density at radius 1 is 0.811 bits per heavy atom. The molecular formula is C30H20ClN3O2S. The lowest BCUT2D eigenvalue weighted by molar-refractivity contribution is 0.682. The van der Waals surface area contributed by atoms with Gasteiger partial charge in [-0.3, -0.25) is 14.0 Å². The van der Waals surface area contributed by atoms with Gasteiger partial charge >= 0.3 is 0 Å². The maximum atomic E-state index is 12.9. The van der Waals surface area contributed by atoms with Crippen LogP contribution in [0.1, 0.15) is 5.56 Å². The first-order valence-electron chi connectivity index (χ1n) is 11.7. The van der Waals surface area contributed by atoms with Crippen LogP contribution in [0.2, 0.25) is 5.02 Å². The highest BCUT2D eigenvalue weighted by molar-refractivity contribution is 7.84. The molecule has 6 aromatic rings. The molecule has 0 aliphatic heterocycles. The third-order valence-corrected chi connectivity index (χ3v) is 7.87. The van der Waals surface area contributed by atoms with Crippen LogP contribution in [0.4, 0.5) is 0 Å². The second-order valence-electron chi connectivity index (χ2n) is 8.65. The largest absolute Gasteiger partial charge is 0.306 e. The zero-order valence-electron chi connectivity index (χ0n) is 19.5. The van der Waals surface area contributed by atoms with E-state index in [1.165, 1.54) is 0 Å². The van der Waals surface area contributed by atoms with Gasteiger partial charge in [0.15, 0.2) is 0 Å². The minimum Gasteiger partial charge on any atom is -0.306 e. The standard InChI is InChI=1S/C30H20ClN3O2S/c31-26-17-21(14-20-10-7-13-32-28(20)26)25-16-22-15-23(18-37(36)24-11-5-2-6-12-24)30(35)34-29(22)33-27(25)19-8-3-1-4-9-19/h1-17H,18H2,(H,33,34,35). The minimum absolute atomic E-state index is 0.110. The number of halogens is 1. The number of aromatic nitrogens is 3. The molecule has 7 heteroatoms. The van der Waals surface area contributed by atoms with Gasteiger partial charge in [-0.05, 0) is 48.0 Å². The van der Waals surface area contributed by atoms with Crippen molar-refractivity contribution >= 4 is 44.3 Å². The summed E-state index contributed by atoms with van der Waals surface area (Å²) >= 11 is 6.63. The van der Waals surface area contributed by atoms with Crippen LogP contribution < -0.4 is 5.56 Å². The van der Waals surface area contributed by atoms with Gasteiger partial charge in [-0.15, -0.1) is 0 Å². The van der Waals surface area contributed by atoms with Crippen LogP contribution in [0, 0.1) is 0 Å². The van der Waals surface area contributed by atoms with E-state index in [1.54, 1.807) is 24.4 Å². The van der Waals surface area contributed by atoms with Crippen LogP contribution in [0.15, 0.2) is 113 Å². The molecule has 180 valence electrons. The average Bonchev–Trinajstić information content (AvgIpc) is 2.94. The molecule has 3 heterocycles. The monoisotopic (exact) mass is 521 g/mol. The van der Waals surface area contributed by atoms with E-state index in [0.29, 0.717) is 21.1 Å². The molecule has 0 fully saturated rings. The molecule has 0 bridgehead atoms. The summed E-state index contributed by atoms with van der Waals surface area (Å²) in [4.78, 5) is 25.8. The molecule has 1 unspecified atom stereocenters. The lowest BCUT2D eigenvalue weighted by Crippen LogP contribution is -2.15. The maximum Gasteiger partial charge on any atom is 0.253 e. The van der Waals surface area contributed by atoms with Crippen molar-refractivity contribution in [3.63, 3.8) is 0 Å². The molecule has 37 heavy (non-hydrogen) atoms. The molecular weight excluding hydrogens is 502 g/mol. The second-order valence-corrected chi connectivity index (χ2v) is 10.5. The Morgan fingerprint density at radius 2 is 1.57 bits per heavy atom. The van der Waals surface area contributed by atoms with Gasteiger partial charge in [0.05, 0.1) is 32.8 Å². The number of nitrogens with zero attached hydrogens (tertiary/aromatic N) is 2. The number of pyridine rings is 3. The Balaban J connectivity index is 1.54. The fraction of sp³-hybridized carbons (Fsp3) is 0.0333. The van der Waals surface area contributed by atoms with E-state index < -0.39 is 10.8 Å². The number of benzene rings is 3. The fourth-order valence-corrected chi connectivity index (χ4v) is 5.82. The summed E-state index contributed by atoms with van der Waals surface area (Å²) in [5.41, 5.74) is 4.74. The molecule has 0 saturated carbocycles. The third-order valence-electron chi connectivity index (χ3n) is 6.21. The molecule has 1 N–H and O–H groups in total. The van der Waals surface area contributed by atoms with Gasteiger partial charge in [0.2, 0.25) is 0 Å². The van der Waals surface area contributed by atoms with Crippen LogP contribution in [0.25, 0.3) is 44.3 Å². The topological polar surface area (TPSA) is 75.7 Å². The van der Waals surface area contributed by atoms with Gasteiger partial charge in [0.1, 0.15) is 5.65 Å². The summed E-state index contributed by atoms with van der Waals surface area (Å²) in [5.74, 6) is 0.110. The van der Waals surface area contributed by atoms with Crippen molar-refractivity contribution < 1.29 is 4.21 Å². The van der Waals surface area contributed by atoms with Gasteiger partial charge in [0, 0.05) is 38.6 Å². The van der Waals surface area contributed by atoms with Gasteiger partial charge in [-0.25, -0.2) is 4.98 Å². The van der Waals surface area contributed by atoms with Crippen molar-refractivity contribution in [1.82, 2.24) is 15.0 Å². The zero-order chi connectivity index (χ0) is 25.4. The number of nitrogens with one attached hydrogen (secondary N) is 1. The van der Waals surface area contributed by atoms with E-state index >= 15 is 0 Å². The Bertz CT molecular complexity index is 1850. The molecule has 3 aromatic heterocycles. The van der Waals surface area contributed by atoms with E-state index in [0.717, 1.165) is 38.7 Å². The summed E-state index contributed by atoms with van der Waals surface area (Å²) in [6.07, 6.45) is 1.72. The number of rotatable bonds is 5. The molecule has 0 aliphatic rings. The fourth-order valence-electron chi connectivity index (χ4n) is 4.42. The van der Waals surface area contributed by atoms with Crippen molar-refractivity contribution in [2.24, 2.45) is 0 Å². The van der Waals surface area contributed by atoms with Gasteiger partial charge in [-0.1, -0.05) is 66.2 Å². The number of hydrogen-bond acceptors (Lipinski definition) is 4. The smallest absolute Gasteiger partial charge is 0.253 e. The number of fused-ring (bicyclic) bond motifs is 2. The minimum atomic E-state index is -1.35. The van der Waals surface area contributed by atoms with Crippen LogP contribution in [-0.2, 0) is 16.6 Å². The SMILES string of the molecule is O=c1[nH]c2nc(-c3ccccc3)c(-c3cc(Cl)c4ncccc4c3)cc2cc1CS(=O)c1ccccc1. The van der Waals surface area contributed by atoms with Gasteiger partial charge < -0.3 is 4.98 Å². The summed E-state index contributed by atoms with van der Waals surface area (Å²) in [6, 6.07) is 30.5. The average molecular weight is 522 g/mol. The van der Waals surface area contributed by atoms with E-state index in [4.69, 9.17) is 16.6 Å². The molecule has 6 rings (SSSR count). The molecule has 0 spiro atoms. The lowest BCUT2D eigenvalue weighted by atomic mass is 9.96. The van der Waals surface area contributed by atoms with Gasteiger partial charge in [0.25, 0.3) is 5.56 Å². The van der Waals surface area contributed by atoms with Gasteiger partial charge in [-0.2, -0.15) is 0 Å². The van der Waals surface area contributed by atoms with Crippen LogP contribution in [0.3, 0.4) is 0 Å². The first-order chi connectivity index (χ1) is 18.1. The lowest BCUT2D eigenvalue weighted by Gasteiger charge is -2.13. The van der Waals surface area contributed by atoms with Crippen molar-refractivity contribution in [1.29, 1.82) is 0 Å². The zero-order valence-corrected chi connectivity index (χ0v) is 21.1. The number of aromatic amines is 1. The van der Waals surface area contributed by atoms with Crippen LogP contribution in [-0.4, -0.2) is 19.2 Å². The predicted octanol–water partition coefficient (Wildman–Crippen LogP) is 6.77. The number of H-pyrrole nitrogens is 1. The molecule has 5 nitrogen and oxygen atoms in total. The molecule has 3 aromatic carbocycles. The van der Waals surface area contributed by atoms with E-state index in [9.17, 15) is 9.00 Å². The Hall–Kier alpha value is -4.13. The second kappa shape index (κ2) is 9.73. The highest BCUT2D eigenvalue weighted by Gasteiger charge is 2.16. The highest BCUT2D eigenvalue weighted by Crippen LogP contribution is 2.36. The van der Waals surface area contributed by atoms with Crippen LogP contribution >= 0.6 is 11.6 Å². The maximum absolute atomic E-state index is 12.9. The summed E-state index contributed by atoms with van der Waals surface area (Å²) in [7, 11) is -1.35. The van der Waals surface area contributed by atoms with E-state index in [2.05, 4.69) is 9.97 Å². The molecule has 0 amide bonds. The first kappa shape index (κ1) is 23.3. The van der Waals surface area contributed by atoms with E-state index in [1.807, 2.05) is 78.9 Å². The number of hydrogen-bond donors (Lipinski definition) is 1. The highest BCUT2D eigenvalue weighted by atomic mass is 35.5.